The van der Waals surface area contributed by atoms with Crippen LogP contribution in [-0.4, -0.2) is 21.9 Å². The molecular weight excluding hydrogens is 278 g/mol. The molecule has 1 fully saturated rings. The maximum Gasteiger partial charge on any atom is 0.309 e. The van der Waals surface area contributed by atoms with E-state index in [-0.39, 0.29) is 12.3 Å². The normalized spacial score (nSPS) is 21.1. The van der Waals surface area contributed by atoms with Crippen LogP contribution in [0, 0.1) is 5.92 Å². The molecule has 4 nitrogen and oxygen atoms in total. The van der Waals surface area contributed by atoms with Crippen molar-refractivity contribution in [3.8, 4) is 0 Å². The summed E-state index contributed by atoms with van der Waals surface area (Å²) in [4.78, 5) is 25.6. The van der Waals surface area contributed by atoms with Crippen LogP contribution in [0.15, 0.2) is 60.7 Å². The summed E-state index contributed by atoms with van der Waals surface area (Å²) in [6.07, 6.45) is 0.0573. The third-order valence-electron chi connectivity index (χ3n) is 4.09. The Balaban J connectivity index is 1.95. The minimum Gasteiger partial charge on any atom is -0.481 e. The van der Waals surface area contributed by atoms with Crippen molar-refractivity contribution in [2.45, 2.75) is 19.0 Å². The van der Waals surface area contributed by atoms with Gasteiger partial charge in [0.05, 0.1) is 12.0 Å². The van der Waals surface area contributed by atoms with E-state index >= 15 is 0 Å². The predicted molar refractivity (Wildman–Crippen MR) is 81.9 cm³/mol. The van der Waals surface area contributed by atoms with Crippen molar-refractivity contribution >= 4 is 11.9 Å². The SMILES string of the molecule is O=C(O)[C@H]1CC(=O)N(Cc2ccccc2)[C@H]1c1ccccc1. The second-order valence-electron chi connectivity index (χ2n) is 5.51. The van der Waals surface area contributed by atoms with Gasteiger partial charge in [0.15, 0.2) is 0 Å². The Hall–Kier alpha value is -2.62. The zero-order valence-electron chi connectivity index (χ0n) is 12.1. The smallest absolute Gasteiger partial charge is 0.309 e. The minimum absolute atomic E-state index is 0.0573. The number of carboxylic acid groups (broad SMARTS) is 1. The van der Waals surface area contributed by atoms with Gasteiger partial charge >= 0.3 is 5.97 Å². The first-order valence-corrected chi connectivity index (χ1v) is 7.28. The highest BCUT2D eigenvalue weighted by atomic mass is 16.4. The highest BCUT2D eigenvalue weighted by Gasteiger charge is 2.44. The average molecular weight is 295 g/mol. The summed E-state index contributed by atoms with van der Waals surface area (Å²) in [5.41, 5.74) is 1.87. The van der Waals surface area contributed by atoms with Gasteiger partial charge in [-0.3, -0.25) is 9.59 Å². The van der Waals surface area contributed by atoms with Crippen LogP contribution in [0.5, 0.6) is 0 Å². The fraction of sp³-hybridized carbons (Fsp3) is 0.222. The van der Waals surface area contributed by atoms with E-state index < -0.39 is 17.9 Å². The number of amides is 1. The van der Waals surface area contributed by atoms with E-state index in [1.807, 2.05) is 60.7 Å². The van der Waals surface area contributed by atoms with E-state index in [9.17, 15) is 14.7 Å². The summed E-state index contributed by atoms with van der Waals surface area (Å²) in [5, 5.41) is 9.47. The molecule has 22 heavy (non-hydrogen) atoms. The van der Waals surface area contributed by atoms with Gasteiger partial charge in [-0.05, 0) is 11.1 Å². The van der Waals surface area contributed by atoms with Gasteiger partial charge in [-0.2, -0.15) is 0 Å². The first-order valence-electron chi connectivity index (χ1n) is 7.28. The fourth-order valence-corrected chi connectivity index (χ4v) is 3.04. The Kier molecular flexibility index (Phi) is 3.92. The van der Waals surface area contributed by atoms with E-state index in [1.54, 1.807) is 4.90 Å². The summed E-state index contributed by atoms with van der Waals surface area (Å²) >= 11 is 0. The van der Waals surface area contributed by atoms with Gasteiger partial charge in [-0.15, -0.1) is 0 Å². The summed E-state index contributed by atoms with van der Waals surface area (Å²) in [6.45, 7) is 0.434. The molecule has 0 aromatic heterocycles. The molecule has 1 heterocycles. The zero-order chi connectivity index (χ0) is 15.5. The van der Waals surface area contributed by atoms with Crippen LogP contribution in [0.3, 0.4) is 0 Å². The van der Waals surface area contributed by atoms with Crippen LogP contribution in [0.2, 0.25) is 0 Å². The van der Waals surface area contributed by atoms with Gasteiger partial charge in [-0.25, -0.2) is 0 Å². The largest absolute Gasteiger partial charge is 0.481 e. The summed E-state index contributed by atoms with van der Waals surface area (Å²) in [5.74, 6) is -1.72. The van der Waals surface area contributed by atoms with Crippen LogP contribution < -0.4 is 0 Å². The highest BCUT2D eigenvalue weighted by molar-refractivity contribution is 5.87. The number of carboxylic acids is 1. The summed E-state index contributed by atoms with van der Waals surface area (Å²) in [7, 11) is 0. The second kappa shape index (κ2) is 6.02. The van der Waals surface area contributed by atoms with Gasteiger partial charge in [0.1, 0.15) is 0 Å². The number of carbonyl (C=O) groups excluding carboxylic acids is 1. The standard InChI is InChI=1S/C18H17NO3/c20-16-11-15(18(21)22)17(14-9-5-2-6-10-14)19(16)12-13-7-3-1-4-8-13/h1-10,15,17H,11-12H2,(H,21,22)/t15-,17-/m0/s1. The third kappa shape index (κ3) is 2.72. The molecule has 1 amide bonds. The van der Waals surface area contributed by atoms with E-state index in [2.05, 4.69) is 0 Å². The predicted octanol–water partition coefficient (Wildman–Crippen LogP) is 2.86. The van der Waals surface area contributed by atoms with Gasteiger partial charge in [0, 0.05) is 13.0 Å². The third-order valence-corrected chi connectivity index (χ3v) is 4.09. The highest BCUT2D eigenvalue weighted by Crippen LogP contribution is 2.39. The second-order valence-corrected chi connectivity index (χ2v) is 5.51. The lowest BCUT2D eigenvalue weighted by atomic mass is 9.93. The van der Waals surface area contributed by atoms with Crippen molar-refractivity contribution in [2.75, 3.05) is 0 Å². The van der Waals surface area contributed by atoms with E-state index in [4.69, 9.17) is 0 Å². The molecule has 0 unspecified atom stereocenters. The van der Waals surface area contributed by atoms with Crippen molar-refractivity contribution in [3.05, 3.63) is 71.8 Å². The molecule has 1 aliphatic rings. The van der Waals surface area contributed by atoms with Crippen molar-refractivity contribution < 1.29 is 14.7 Å². The molecule has 0 saturated carbocycles. The number of hydrogen-bond donors (Lipinski definition) is 1. The topological polar surface area (TPSA) is 57.6 Å². The van der Waals surface area contributed by atoms with Gasteiger partial charge in [-0.1, -0.05) is 60.7 Å². The van der Waals surface area contributed by atoms with E-state index in [1.165, 1.54) is 0 Å². The average Bonchev–Trinajstić information content (AvgIpc) is 2.86. The summed E-state index contributed by atoms with van der Waals surface area (Å²) < 4.78 is 0. The molecular formula is C18H17NO3. The molecule has 1 aliphatic heterocycles. The Morgan fingerprint density at radius 2 is 1.64 bits per heavy atom. The quantitative estimate of drug-likeness (QED) is 0.943. The Morgan fingerprint density at radius 3 is 2.23 bits per heavy atom. The van der Waals surface area contributed by atoms with Crippen molar-refractivity contribution in [1.82, 2.24) is 4.90 Å². The molecule has 1 saturated heterocycles. The molecule has 0 spiro atoms. The molecule has 3 rings (SSSR count). The lowest BCUT2D eigenvalue weighted by Gasteiger charge is -2.27. The monoisotopic (exact) mass is 295 g/mol. The Bertz CT molecular complexity index is 669. The van der Waals surface area contributed by atoms with Crippen molar-refractivity contribution in [3.63, 3.8) is 0 Å². The van der Waals surface area contributed by atoms with Gasteiger partial charge in [0.25, 0.3) is 0 Å². The number of rotatable bonds is 4. The van der Waals surface area contributed by atoms with Gasteiger partial charge in [0.2, 0.25) is 5.91 Å². The van der Waals surface area contributed by atoms with Crippen molar-refractivity contribution in [2.24, 2.45) is 5.92 Å². The Morgan fingerprint density at radius 1 is 1.05 bits per heavy atom. The lowest BCUT2D eigenvalue weighted by molar-refractivity contribution is -0.142. The van der Waals surface area contributed by atoms with Crippen LogP contribution >= 0.6 is 0 Å². The molecule has 2 aromatic rings. The van der Waals surface area contributed by atoms with Crippen molar-refractivity contribution in [1.29, 1.82) is 0 Å². The zero-order valence-corrected chi connectivity index (χ0v) is 12.1. The first kappa shape index (κ1) is 14.3. The number of nitrogens with zero attached hydrogens (tertiary/aromatic N) is 1. The molecule has 2 atom stereocenters. The Labute approximate surface area is 129 Å². The number of aliphatic carboxylic acids is 1. The van der Waals surface area contributed by atoms with Crippen LogP contribution in [0.25, 0.3) is 0 Å². The lowest BCUT2D eigenvalue weighted by Crippen LogP contribution is -2.30. The molecule has 4 heteroatoms. The summed E-state index contributed by atoms with van der Waals surface area (Å²) in [6, 6.07) is 18.6. The number of benzene rings is 2. The first-order chi connectivity index (χ1) is 10.7. The molecule has 0 bridgehead atoms. The van der Waals surface area contributed by atoms with E-state index in [0.29, 0.717) is 6.54 Å². The maximum atomic E-state index is 12.3. The van der Waals surface area contributed by atoms with Crippen LogP contribution in [-0.2, 0) is 16.1 Å². The van der Waals surface area contributed by atoms with Gasteiger partial charge < -0.3 is 10.0 Å². The molecule has 0 radical (unpaired) electrons. The minimum atomic E-state index is -0.919. The fourth-order valence-electron chi connectivity index (χ4n) is 3.04. The number of hydrogen-bond acceptors (Lipinski definition) is 2. The number of carbonyl (C=O) groups is 2. The van der Waals surface area contributed by atoms with Crippen LogP contribution in [0.1, 0.15) is 23.6 Å². The molecule has 0 aliphatic carbocycles. The molecule has 1 N–H and O–H groups in total. The number of likely N-dealkylation sites (tertiary alicyclic amines) is 1. The molecule has 112 valence electrons. The molecule has 2 aromatic carbocycles. The maximum absolute atomic E-state index is 12.3. The van der Waals surface area contributed by atoms with E-state index in [0.717, 1.165) is 11.1 Å². The van der Waals surface area contributed by atoms with Crippen LogP contribution in [0.4, 0.5) is 0 Å².